The second-order valence-electron chi connectivity index (χ2n) is 5.98. The molecule has 5 nitrogen and oxygen atoms in total. The van der Waals surface area contributed by atoms with Crippen molar-refractivity contribution in [2.75, 3.05) is 39.9 Å². The van der Waals surface area contributed by atoms with Crippen LogP contribution in [-0.4, -0.2) is 63.0 Å². The van der Waals surface area contributed by atoms with Crippen LogP contribution in [0.4, 0.5) is 0 Å². The largest absolute Gasteiger partial charge is 0.376 e. The van der Waals surface area contributed by atoms with Crippen molar-refractivity contribution >= 4 is 5.96 Å². The first-order chi connectivity index (χ1) is 10.3. The SMILES string of the molecule is CCCNC(=NC)N1CCC(OCC2CCCCO2)CC1. The van der Waals surface area contributed by atoms with Gasteiger partial charge in [-0.3, -0.25) is 4.99 Å². The summed E-state index contributed by atoms with van der Waals surface area (Å²) in [7, 11) is 1.86. The summed E-state index contributed by atoms with van der Waals surface area (Å²) in [5.74, 6) is 1.03. The molecule has 0 aliphatic carbocycles. The van der Waals surface area contributed by atoms with Gasteiger partial charge < -0.3 is 19.7 Å². The summed E-state index contributed by atoms with van der Waals surface area (Å²) in [4.78, 5) is 6.70. The molecule has 21 heavy (non-hydrogen) atoms. The maximum Gasteiger partial charge on any atom is 0.193 e. The minimum atomic E-state index is 0.329. The lowest BCUT2D eigenvalue weighted by Gasteiger charge is -2.35. The lowest BCUT2D eigenvalue weighted by atomic mass is 10.1. The van der Waals surface area contributed by atoms with Crippen LogP contribution in [0.3, 0.4) is 0 Å². The van der Waals surface area contributed by atoms with E-state index < -0.39 is 0 Å². The summed E-state index contributed by atoms with van der Waals surface area (Å²) in [5, 5.41) is 3.40. The number of hydrogen-bond donors (Lipinski definition) is 1. The highest BCUT2D eigenvalue weighted by Gasteiger charge is 2.23. The van der Waals surface area contributed by atoms with Gasteiger partial charge >= 0.3 is 0 Å². The van der Waals surface area contributed by atoms with Crippen molar-refractivity contribution in [3.05, 3.63) is 0 Å². The van der Waals surface area contributed by atoms with Crippen molar-refractivity contribution in [1.29, 1.82) is 0 Å². The highest BCUT2D eigenvalue weighted by Crippen LogP contribution is 2.17. The number of hydrogen-bond acceptors (Lipinski definition) is 3. The molecule has 1 atom stereocenters. The molecule has 0 radical (unpaired) electrons. The fourth-order valence-corrected chi connectivity index (χ4v) is 2.99. The summed E-state index contributed by atoms with van der Waals surface area (Å²) >= 11 is 0. The first kappa shape index (κ1) is 16.6. The van der Waals surface area contributed by atoms with Crippen LogP contribution in [0.1, 0.15) is 45.4 Å². The zero-order chi connectivity index (χ0) is 14.9. The van der Waals surface area contributed by atoms with Crippen LogP contribution in [0.15, 0.2) is 4.99 Å². The Kier molecular flexibility index (Phi) is 7.30. The molecule has 2 rings (SSSR count). The van der Waals surface area contributed by atoms with Crippen molar-refractivity contribution in [1.82, 2.24) is 10.2 Å². The van der Waals surface area contributed by atoms with Gasteiger partial charge in [0.15, 0.2) is 5.96 Å². The van der Waals surface area contributed by atoms with Gasteiger partial charge in [0.2, 0.25) is 0 Å². The molecule has 122 valence electrons. The van der Waals surface area contributed by atoms with Gasteiger partial charge in [-0.1, -0.05) is 6.92 Å². The minimum absolute atomic E-state index is 0.329. The number of guanidine groups is 1. The Balaban J connectivity index is 1.65. The zero-order valence-electron chi connectivity index (χ0n) is 13.6. The molecule has 5 heteroatoms. The van der Waals surface area contributed by atoms with Gasteiger partial charge in [0, 0.05) is 33.3 Å². The van der Waals surface area contributed by atoms with Crippen molar-refractivity contribution in [3.63, 3.8) is 0 Å². The smallest absolute Gasteiger partial charge is 0.193 e. The molecule has 0 bridgehead atoms. The third-order valence-electron chi connectivity index (χ3n) is 4.28. The number of rotatable bonds is 5. The summed E-state index contributed by atoms with van der Waals surface area (Å²) in [6, 6.07) is 0. The Hall–Kier alpha value is -0.810. The Morgan fingerprint density at radius 2 is 2.10 bits per heavy atom. The van der Waals surface area contributed by atoms with Crippen LogP contribution in [0, 0.1) is 0 Å². The van der Waals surface area contributed by atoms with E-state index in [1.807, 2.05) is 7.05 Å². The van der Waals surface area contributed by atoms with Gasteiger partial charge in [0.05, 0.1) is 18.8 Å². The lowest BCUT2D eigenvalue weighted by molar-refractivity contribution is -0.0721. The van der Waals surface area contributed by atoms with E-state index in [4.69, 9.17) is 9.47 Å². The van der Waals surface area contributed by atoms with E-state index >= 15 is 0 Å². The first-order valence-corrected chi connectivity index (χ1v) is 8.52. The van der Waals surface area contributed by atoms with Gasteiger partial charge in [-0.25, -0.2) is 0 Å². The van der Waals surface area contributed by atoms with Gasteiger partial charge in [-0.15, -0.1) is 0 Å². The fourth-order valence-electron chi connectivity index (χ4n) is 2.99. The topological polar surface area (TPSA) is 46.1 Å². The molecule has 0 aromatic heterocycles. The Labute approximate surface area is 129 Å². The molecule has 2 fully saturated rings. The summed E-state index contributed by atoms with van der Waals surface area (Å²) < 4.78 is 11.8. The van der Waals surface area contributed by atoms with E-state index in [0.29, 0.717) is 12.2 Å². The Morgan fingerprint density at radius 3 is 2.71 bits per heavy atom. The Bertz CT molecular complexity index is 309. The first-order valence-electron chi connectivity index (χ1n) is 8.52. The van der Waals surface area contributed by atoms with Crippen LogP contribution in [0.2, 0.25) is 0 Å². The van der Waals surface area contributed by atoms with E-state index in [0.717, 1.165) is 64.5 Å². The monoisotopic (exact) mass is 297 g/mol. The number of aliphatic imine (C=N–C) groups is 1. The lowest BCUT2D eigenvalue weighted by Crippen LogP contribution is -2.47. The maximum absolute atomic E-state index is 6.05. The average Bonchev–Trinajstić information content (AvgIpc) is 2.56. The molecule has 1 N–H and O–H groups in total. The minimum Gasteiger partial charge on any atom is -0.376 e. The quantitative estimate of drug-likeness (QED) is 0.623. The predicted octanol–water partition coefficient (Wildman–Crippen LogP) is 2.02. The molecular weight excluding hydrogens is 266 g/mol. The predicted molar refractivity (Wildman–Crippen MR) is 85.8 cm³/mol. The van der Waals surface area contributed by atoms with Crippen LogP contribution in [0.25, 0.3) is 0 Å². The highest BCUT2D eigenvalue weighted by molar-refractivity contribution is 5.79. The molecule has 1 unspecified atom stereocenters. The van der Waals surface area contributed by atoms with Crippen LogP contribution in [-0.2, 0) is 9.47 Å². The molecule has 0 spiro atoms. The fraction of sp³-hybridized carbons (Fsp3) is 0.938. The normalized spacial score (nSPS) is 25.1. The number of likely N-dealkylation sites (tertiary alicyclic amines) is 1. The molecule has 2 aliphatic heterocycles. The van der Waals surface area contributed by atoms with Gasteiger partial charge in [0.1, 0.15) is 0 Å². The highest BCUT2D eigenvalue weighted by atomic mass is 16.5. The van der Waals surface area contributed by atoms with Crippen LogP contribution < -0.4 is 5.32 Å². The average molecular weight is 297 g/mol. The molecule has 2 aliphatic rings. The molecule has 0 saturated carbocycles. The van der Waals surface area contributed by atoms with E-state index in [9.17, 15) is 0 Å². The van der Waals surface area contributed by atoms with Crippen LogP contribution >= 0.6 is 0 Å². The van der Waals surface area contributed by atoms with E-state index in [1.54, 1.807) is 0 Å². The molecular formula is C16H31N3O2. The third kappa shape index (κ3) is 5.47. The summed E-state index contributed by atoms with van der Waals surface area (Å²) in [6.45, 7) is 6.90. The zero-order valence-corrected chi connectivity index (χ0v) is 13.6. The summed E-state index contributed by atoms with van der Waals surface area (Å²) in [6.07, 6.45) is 7.66. The number of ether oxygens (including phenoxy) is 2. The number of nitrogens with zero attached hydrogens (tertiary/aromatic N) is 2. The van der Waals surface area contributed by atoms with Crippen molar-refractivity contribution in [3.8, 4) is 0 Å². The van der Waals surface area contributed by atoms with Gasteiger partial charge in [-0.05, 0) is 38.5 Å². The van der Waals surface area contributed by atoms with Gasteiger partial charge in [-0.2, -0.15) is 0 Å². The van der Waals surface area contributed by atoms with Crippen molar-refractivity contribution < 1.29 is 9.47 Å². The van der Waals surface area contributed by atoms with Crippen molar-refractivity contribution in [2.45, 2.75) is 57.7 Å². The maximum atomic E-state index is 6.05. The van der Waals surface area contributed by atoms with Gasteiger partial charge in [0.25, 0.3) is 0 Å². The molecule has 0 aromatic carbocycles. The Morgan fingerprint density at radius 1 is 1.29 bits per heavy atom. The number of nitrogens with one attached hydrogen (secondary N) is 1. The third-order valence-corrected chi connectivity index (χ3v) is 4.28. The molecule has 0 aromatic rings. The van der Waals surface area contributed by atoms with E-state index in [1.165, 1.54) is 12.8 Å². The van der Waals surface area contributed by atoms with E-state index in [2.05, 4.69) is 22.1 Å². The number of piperidine rings is 1. The van der Waals surface area contributed by atoms with Crippen molar-refractivity contribution in [2.24, 2.45) is 4.99 Å². The standard InChI is InChI=1S/C16H31N3O2/c1-3-9-18-16(17-2)19-10-7-14(8-11-19)21-13-15-6-4-5-12-20-15/h14-15H,3-13H2,1-2H3,(H,17,18). The second-order valence-corrected chi connectivity index (χ2v) is 5.98. The molecule has 2 heterocycles. The molecule has 0 amide bonds. The molecule has 2 saturated heterocycles. The second kappa shape index (κ2) is 9.26. The van der Waals surface area contributed by atoms with Crippen LogP contribution in [0.5, 0.6) is 0 Å². The summed E-state index contributed by atoms with van der Waals surface area (Å²) in [5.41, 5.74) is 0. The van der Waals surface area contributed by atoms with E-state index in [-0.39, 0.29) is 0 Å².